The molecule has 0 bridgehead atoms. The first-order valence-corrected chi connectivity index (χ1v) is 13.4. The summed E-state index contributed by atoms with van der Waals surface area (Å²) in [6, 6.07) is 22.6. The van der Waals surface area contributed by atoms with Crippen molar-refractivity contribution in [3.63, 3.8) is 0 Å². The first-order valence-electron chi connectivity index (χ1n) is 12.5. The number of nitrogens with zero attached hydrogens (tertiary/aromatic N) is 3. The smallest absolute Gasteiger partial charge is 0.234 e. The van der Waals surface area contributed by atoms with E-state index >= 15 is 0 Å². The minimum Gasteiger partial charge on any atom is -0.494 e. The Kier molecular flexibility index (Phi) is 9.53. The number of rotatable bonds is 12. The van der Waals surface area contributed by atoms with Gasteiger partial charge in [-0.2, -0.15) is 0 Å². The lowest BCUT2D eigenvalue weighted by Gasteiger charge is -2.11. The lowest BCUT2D eigenvalue weighted by Crippen LogP contribution is -2.14. The number of ether oxygens (including phenoxy) is 3. The third kappa shape index (κ3) is 7.23. The van der Waals surface area contributed by atoms with Crippen LogP contribution in [-0.4, -0.2) is 46.7 Å². The summed E-state index contributed by atoms with van der Waals surface area (Å²) in [5.74, 6) is 2.29. The van der Waals surface area contributed by atoms with Crippen molar-refractivity contribution >= 4 is 23.4 Å². The molecule has 0 saturated heterocycles. The second-order valence-electron chi connectivity index (χ2n) is 8.00. The van der Waals surface area contributed by atoms with E-state index < -0.39 is 0 Å². The standard InChI is InChI=1S/C29H30N4O4S/c1-4-35-23-13-7-20(8-14-23)27-28(21-9-15-24(16-10-21)36-5-2)32-33-29(31-27)38-19-26(34)30-22-11-17-25(18-12-22)37-6-3/h7-18H,4-6,19H2,1-3H3,(H,30,34). The molecule has 0 aliphatic rings. The zero-order chi connectivity index (χ0) is 26.7. The molecule has 38 heavy (non-hydrogen) atoms. The van der Waals surface area contributed by atoms with Crippen LogP contribution in [0.25, 0.3) is 22.5 Å². The Labute approximate surface area is 226 Å². The predicted molar refractivity (Wildman–Crippen MR) is 150 cm³/mol. The molecule has 196 valence electrons. The van der Waals surface area contributed by atoms with E-state index in [4.69, 9.17) is 19.2 Å². The van der Waals surface area contributed by atoms with Gasteiger partial charge in [-0.05, 0) is 93.6 Å². The van der Waals surface area contributed by atoms with Gasteiger partial charge in [-0.15, -0.1) is 10.2 Å². The van der Waals surface area contributed by atoms with Crippen molar-refractivity contribution in [3.05, 3.63) is 72.8 Å². The van der Waals surface area contributed by atoms with Crippen LogP contribution < -0.4 is 19.5 Å². The van der Waals surface area contributed by atoms with Gasteiger partial charge in [0.1, 0.15) is 28.6 Å². The summed E-state index contributed by atoms with van der Waals surface area (Å²) >= 11 is 1.23. The topological polar surface area (TPSA) is 95.5 Å². The van der Waals surface area contributed by atoms with Crippen LogP contribution >= 0.6 is 11.8 Å². The molecule has 0 radical (unpaired) electrons. The lowest BCUT2D eigenvalue weighted by atomic mass is 10.0. The van der Waals surface area contributed by atoms with Crippen molar-refractivity contribution in [1.29, 1.82) is 0 Å². The molecule has 3 aromatic carbocycles. The molecule has 0 spiro atoms. The van der Waals surface area contributed by atoms with Gasteiger partial charge in [0, 0.05) is 16.8 Å². The average molecular weight is 531 g/mol. The number of anilines is 1. The van der Waals surface area contributed by atoms with E-state index in [9.17, 15) is 4.79 Å². The molecule has 0 saturated carbocycles. The van der Waals surface area contributed by atoms with E-state index in [1.807, 2.05) is 81.4 Å². The molecule has 1 heterocycles. The molecule has 0 aliphatic carbocycles. The summed E-state index contributed by atoms with van der Waals surface area (Å²) in [5.41, 5.74) is 3.73. The summed E-state index contributed by atoms with van der Waals surface area (Å²) in [4.78, 5) is 17.3. The van der Waals surface area contributed by atoms with Gasteiger partial charge in [0.25, 0.3) is 0 Å². The number of aromatic nitrogens is 3. The lowest BCUT2D eigenvalue weighted by molar-refractivity contribution is -0.113. The number of hydrogen-bond donors (Lipinski definition) is 1. The molecule has 8 nitrogen and oxygen atoms in total. The second-order valence-corrected chi connectivity index (χ2v) is 8.94. The highest BCUT2D eigenvalue weighted by Gasteiger charge is 2.16. The van der Waals surface area contributed by atoms with Crippen molar-refractivity contribution in [2.75, 3.05) is 30.9 Å². The van der Waals surface area contributed by atoms with Crippen molar-refractivity contribution < 1.29 is 19.0 Å². The number of nitrogens with one attached hydrogen (secondary N) is 1. The van der Waals surface area contributed by atoms with Gasteiger partial charge < -0.3 is 19.5 Å². The molecule has 0 fully saturated rings. The molecule has 1 amide bonds. The second kappa shape index (κ2) is 13.4. The molecular formula is C29H30N4O4S. The maximum absolute atomic E-state index is 12.6. The molecule has 1 N–H and O–H groups in total. The fraction of sp³-hybridized carbons (Fsp3) is 0.241. The zero-order valence-corrected chi connectivity index (χ0v) is 22.5. The Morgan fingerprint density at radius 2 is 1.16 bits per heavy atom. The summed E-state index contributed by atoms with van der Waals surface area (Å²) in [6.45, 7) is 7.59. The highest BCUT2D eigenvalue weighted by molar-refractivity contribution is 7.99. The number of hydrogen-bond acceptors (Lipinski definition) is 8. The van der Waals surface area contributed by atoms with Crippen molar-refractivity contribution in [2.45, 2.75) is 25.9 Å². The number of thioether (sulfide) groups is 1. The monoisotopic (exact) mass is 530 g/mol. The fourth-order valence-electron chi connectivity index (χ4n) is 3.65. The third-order valence-electron chi connectivity index (χ3n) is 5.33. The average Bonchev–Trinajstić information content (AvgIpc) is 2.94. The molecule has 0 atom stereocenters. The molecule has 4 aromatic rings. The first kappa shape index (κ1) is 26.9. The van der Waals surface area contributed by atoms with Crippen LogP contribution in [0.2, 0.25) is 0 Å². The van der Waals surface area contributed by atoms with E-state index in [2.05, 4.69) is 15.5 Å². The van der Waals surface area contributed by atoms with Gasteiger partial charge in [-0.1, -0.05) is 11.8 Å². The number of carbonyl (C=O) groups is 1. The third-order valence-corrected chi connectivity index (χ3v) is 6.16. The molecule has 0 unspecified atom stereocenters. The Bertz CT molecular complexity index is 1330. The number of benzene rings is 3. The van der Waals surface area contributed by atoms with Crippen molar-refractivity contribution in [1.82, 2.24) is 15.2 Å². The van der Waals surface area contributed by atoms with E-state index in [0.717, 1.165) is 28.4 Å². The van der Waals surface area contributed by atoms with Crippen LogP contribution in [0.1, 0.15) is 20.8 Å². The minimum absolute atomic E-state index is 0.139. The van der Waals surface area contributed by atoms with E-state index in [-0.39, 0.29) is 11.7 Å². The predicted octanol–water partition coefficient (Wildman–Crippen LogP) is 6.13. The normalized spacial score (nSPS) is 10.6. The van der Waals surface area contributed by atoms with Crippen LogP contribution in [-0.2, 0) is 4.79 Å². The zero-order valence-electron chi connectivity index (χ0n) is 21.6. The molecule has 4 rings (SSSR count). The SMILES string of the molecule is CCOc1ccc(NC(=O)CSc2nnc(-c3ccc(OCC)cc3)c(-c3ccc(OCC)cc3)n2)cc1. The summed E-state index contributed by atoms with van der Waals surface area (Å²) in [6.07, 6.45) is 0. The van der Waals surface area contributed by atoms with E-state index in [1.165, 1.54) is 11.8 Å². The van der Waals surface area contributed by atoms with Gasteiger partial charge in [0.15, 0.2) is 0 Å². The van der Waals surface area contributed by atoms with Crippen LogP contribution in [0.15, 0.2) is 78.0 Å². The molecule has 0 aliphatic heterocycles. The van der Waals surface area contributed by atoms with Gasteiger partial charge in [-0.3, -0.25) is 4.79 Å². The Morgan fingerprint density at radius 3 is 1.66 bits per heavy atom. The van der Waals surface area contributed by atoms with Gasteiger partial charge in [0.05, 0.1) is 25.6 Å². The van der Waals surface area contributed by atoms with Crippen LogP contribution in [0, 0.1) is 0 Å². The highest BCUT2D eigenvalue weighted by Crippen LogP contribution is 2.32. The van der Waals surface area contributed by atoms with E-state index in [0.29, 0.717) is 42.1 Å². The summed E-state index contributed by atoms with van der Waals surface area (Å²) in [5, 5.41) is 12.1. The number of amides is 1. The Hall–Kier alpha value is -4.11. The van der Waals surface area contributed by atoms with Crippen LogP contribution in [0.5, 0.6) is 17.2 Å². The number of carbonyl (C=O) groups excluding carboxylic acids is 1. The largest absolute Gasteiger partial charge is 0.494 e. The summed E-state index contributed by atoms with van der Waals surface area (Å²) < 4.78 is 16.6. The van der Waals surface area contributed by atoms with Crippen molar-refractivity contribution in [3.8, 4) is 39.8 Å². The van der Waals surface area contributed by atoms with Crippen LogP contribution in [0.3, 0.4) is 0 Å². The highest BCUT2D eigenvalue weighted by atomic mass is 32.2. The first-order chi connectivity index (χ1) is 18.6. The van der Waals surface area contributed by atoms with E-state index in [1.54, 1.807) is 12.1 Å². The van der Waals surface area contributed by atoms with Gasteiger partial charge in [0.2, 0.25) is 11.1 Å². The Balaban J connectivity index is 1.53. The Morgan fingerprint density at radius 1 is 0.684 bits per heavy atom. The minimum atomic E-state index is -0.166. The maximum Gasteiger partial charge on any atom is 0.234 e. The summed E-state index contributed by atoms with van der Waals surface area (Å²) in [7, 11) is 0. The van der Waals surface area contributed by atoms with Gasteiger partial charge in [-0.25, -0.2) is 4.98 Å². The quantitative estimate of drug-likeness (QED) is 0.219. The molecule has 9 heteroatoms. The molecular weight excluding hydrogens is 500 g/mol. The van der Waals surface area contributed by atoms with Gasteiger partial charge >= 0.3 is 0 Å². The van der Waals surface area contributed by atoms with Crippen LogP contribution in [0.4, 0.5) is 5.69 Å². The van der Waals surface area contributed by atoms with Crippen molar-refractivity contribution in [2.24, 2.45) is 0 Å². The molecule has 1 aromatic heterocycles. The fourth-order valence-corrected chi connectivity index (χ4v) is 4.23. The maximum atomic E-state index is 12.6.